The maximum absolute atomic E-state index is 11.6. The van der Waals surface area contributed by atoms with Crippen molar-refractivity contribution < 1.29 is 4.79 Å². The molecule has 1 unspecified atom stereocenters. The van der Waals surface area contributed by atoms with E-state index in [-0.39, 0.29) is 11.4 Å². The molecule has 1 aromatic heterocycles. The summed E-state index contributed by atoms with van der Waals surface area (Å²) in [5.41, 5.74) is -0.207. The molecule has 1 amide bonds. The molecule has 6 heteroatoms. The van der Waals surface area contributed by atoms with Gasteiger partial charge in [0.1, 0.15) is 4.88 Å². The first-order chi connectivity index (χ1) is 6.61. The standard InChI is InChI=1S/C8H12BrN3OS/c1-3-8(2,5-9)11-7(13)6-4-10-12-14-6/h4H,3,5H2,1-2H3,(H,11,13). The third kappa shape index (κ3) is 2.75. The molecule has 1 N–H and O–H groups in total. The molecule has 0 aliphatic heterocycles. The summed E-state index contributed by atoms with van der Waals surface area (Å²) in [5.74, 6) is -0.108. The van der Waals surface area contributed by atoms with Crippen LogP contribution >= 0.6 is 27.5 Å². The van der Waals surface area contributed by atoms with Gasteiger partial charge in [0.2, 0.25) is 0 Å². The van der Waals surface area contributed by atoms with Gasteiger partial charge in [0, 0.05) is 10.9 Å². The van der Waals surface area contributed by atoms with Crippen molar-refractivity contribution >= 4 is 33.4 Å². The fraction of sp³-hybridized carbons (Fsp3) is 0.625. The van der Waals surface area contributed by atoms with Crippen molar-refractivity contribution in [1.82, 2.24) is 14.9 Å². The summed E-state index contributed by atoms with van der Waals surface area (Å²) in [6.45, 7) is 4.03. The van der Waals surface area contributed by atoms with Crippen molar-refractivity contribution in [2.45, 2.75) is 25.8 Å². The lowest BCUT2D eigenvalue weighted by atomic mass is 10.0. The lowest BCUT2D eigenvalue weighted by molar-refractivity contribution is 0.0917. The SMILES string of the molecule is CCC(C)(CBr)NC(=O)c1cnns1. The average molecular weight is 278 g/mol. The number of rotatable bonds is 4. The fourth-order valence-corrected chi connectivity index (χ4v) is 1.77. The molecule has 1 atom stereocenters. The number of amides is 1. The number of nitrogens with one attached hydrogen (secondary N) is 1. The molecular formula is C8H12BrN3OS. The van der Waals surface area contributed by atoms with Crippen LogP contribution in [0.2, 0.25) is 0 Å². The van der Waals surface area contributed by atoms with Gasteiger partial charge in [0.05, 0.1) is 6.20 Å². The third-order valence-electron chi connectivity index (χ3n) is 2.08. The molecule has 0 aromatic carbocycles. The zero-order chi connectivity index (χ0) is 10.6. The van der Waals surface area contributed by atoms with E-state index in [1.807, 2.05) is 13.8 Å². The van der Waals surface area contributed by atoms with E-state index >= 15 is 0 Å². The number of nitrogens with zero attached hydrogens (tertiary/aromatic N) is 2. The van der Waals surface area contributed by atoms with E-state index in [1.165, 1.54) is 6.20 Å². The monoisotopic (exact) mass is 277 g/mol. The highest BCUT2D eigenvalue weighted by Crippen LogP contribution is 2.14. The molecule has 0 saturated carbocycles. The van der Waals surface area contributed by atoms with Gasteiger partial charge in [-0.2, -0.15) is 0 Å². The molecule has 0 bridgehead atoms. The molecule has 0 saturated heterocycles. The normalized spacial score (nSPS) is 14.8. The van der Waals surface area contributed by atoms with Gasteiger partial charge in [0.25, 0.3) is 5.91 Å². The smallest absolute Gasteiger partial charge is 0.265 e. The molecule has 14 heavy (non-hydrogen) atoms. The van der Waals surface area contributed by atoms with Crippen LogP contribution in [-0.2, 0) is 0 Å². The van der Waals surface area contributed by atoms with E-state index in [0.29, 0.717) is 4.88 Å². The molecular weight excluding hydrogens is 266 g/mol. The Balaban J connectivity index is 2.65. The zero-order valence-corrected chi connectivity index (χ0v) is 10.5. The van der Waals surface area contributed by atoms with E-state index < -0.39 is 0 Å². The minimum absolute atomic E-state index is 0.108. The van der Waals surface area contributed by atoms with Crippen LogP contribution < -0.4 is 5.32 Å². The maximum Gasteiger partial charge on any atom is 0.265 e. The van der Waals surface area contributed by atoms with Crippen molar-refractivity contribution in [1.29, 1.82) is 0 Å². The van der Waals surface area contributed by atoms with Gasteiger partial charge >= 0.3 is 0 Å². The molecule has 1 heterocycles. The first-order valence-corrected chi connectivity index (χ1v) is 6.16. The summed E-state index contributed by atoms with van der Waals surface area (Å²) < 4.78 is 3.64. The molecule has 0 aliphatic carbocycles. The predicted molar refractivity (Wildman–Crippen MR) is 59.9 cm³/mol. The van der Waals surface area contributed by atoms with E-state index in [0.717, 1.165) is 23.3 Å². The minimum Gasteiger partial charge on any atom is -0.345 e. The quantitative estimate of drug-likeness (QED) is 0.855. The van der Waals surface area contributed by atoms with Crippen molar-refractivity contribution in [3.8, 4) is 0 Å². The number of hydrogen-bond donors (Lipinski definition) is 1. The van der Waals surface area contributed by atoms with Crippen molar-refractivity contribution in [2.75, 3.05) is 5.33 Å². The largest absolute Gasteiger partial charge is 0.345 e. The Morgan fingerprint density at radius 3 is 2.93 bits per heavy atom. The van der Waals surface area contributed by atoms with Crippen LogP contribution in [0.5, 0.6) is 0 Å². The molecule has 1 rings (SSSR count). The first kappa shape index (κ1) is 11.6. The first-order valence-electron chi connectivity index (χ1n) is 4.27. The molecule has 0 aliphatic rings. The van der Waals surface area contributed by atoms with Gasteiger partial charge in [-0.1, -0.05) is 27.3 Å². The van der Waals surface area contributed by atoms with Gasteiger partial charge in [-0.3, -0.25) is 4.79 Å². The third-order valence-corrected chi connectivity index (χ3v) is 3.98. The second-order valence-electron chi connectivity index (χ2n) is 3.28. The van der Waals surface area contributed by atoms with Gasteiger partial charge in [-0.25, -0.2) is 0 Å². The Bertz CT molecular complexity index is 298. The van der Waals surface area contributed by atoms with Crippen molar-refractivity contribution in [3.63, 3.8) is 0 Å². The fourth-order valence-electron chi connectivity index (χ4n) is 0.819. The minimum atomic E-state index is -0.207. The maximum atomic E-state index is 11.6. The second kappa shape index (κ2) is 4.84. The topological polar surface area (TPSA) is 54.9 Å². The van der Waals surface area contributed by atoms with Crippen LogP contribution in [0.15, 0.2) is 6.20 Å². The number of alkyl halides is 1. The summed E-state index contributed by atoms with van der Waals surface area (Å²) >= 11 is 4.49. The molecule has 4 nitrogen and oxygen atoms in total. The van der Waals surface area contributed by atoms with Crippen LogP contribution in [0.1, 0.15) is 29.9 Å². The number of aromatic nitrogens is 2. The predicted octanol–water partition coefficient (Wildman–Crippen LogP) is 1.83. The van der Waals surface area contributed by atoms with E-state index in [4.69, 9.17) is 0 Å². The number of hydrogen-bond acceptors (Lipinski definition) is 4. The number of carbonyl (C=O) groups is 1. The van der Waals surface area contributed by atoms with Gasteiger partial charge < -0.3 is 5.32 Å². The van der Waals surface area contributed by atoms with Crippen LogP contribution in [0, 0.1) is 0 Å². The lowest BCUT2D eigenvalue weighted by Gasteiger charge is -2.26. The molecule has 0 fully saturated rings. The second-order valence-corrected chi connectivity index (χ2v) is 4.63. The van der Waals surface area contributed by atoms with Crippen LogP contribution in [-0.4, -0.2) is 26.4 Å². The molecule has 78 valence electrons. The van der Waals surface area contributed by atoms with E-state index in [2.05, 4.69) is 30.8 Å². The summed E-state index contributed by atoms with van der Waals surface area (Å²) in [4.78, 5) is 12.2. The summed E-state index contributed by atoms with van der Waals surface area (Å²) in [6, 6.07) is 0. The Kier molecular flexibility index (Phi) is 4.00. The van der Waals surface area contributed by atoms with E-state index in [9.17, 15) is 4.79 Å². The molecule has 1 aromatic rings. The highest BCUT2D eigenvalue weighted by atomic mass is 79.9. The summed E-state index contributed by atoms with van der Waals surface area (Å²) in [6.07, 6.45) is 2.35. The summed E-state index contributed by atoms with van der Waals surface area (Å²) in [5, 5.41) is 7.29. The zero-order valence-electron chi connectivity index (χ0n) is 8.08. The average Bonchev–Trinajstić information content (AvgIpc) is 2.70. The number of carbonyl (C=O) groups excluding carboxylic acids is 1. The Labute approximate surface area is 95.4 Å². The molecule has 0 spiro atoms. The van der Waals surface area contributed by atoms with Crippen molar-refractivity contribution in [2.24, 2.45) is 0 Å². The van der Waals surface area contributed by atoms with Gasteiger partial charge in [-0.15, -0.1) is 5.10 Å². The number of halogens is 1. The van der Waals surface area contributed by atoms with E-state index in [1.54, 1.807) is 0 Å². The Hall–Kier alpha value is -0.490. The Morgan fingerprint density at radius 1 is 1.79 bits per heavy atom. The van der Waals surface area contributed by atoms with Crippen LogP contribution in [0.3, 0.4) is 0 Å². The molecule has 0 radical (unpaired) electrons. The van der Waals surface area contributed by atoms with Crippen LogP contribution in [0.25, 0.3) is 0 Å². The lowest BCUT2D eigenvalue weighted by Crippen LogP contribution is -2.46. The van der Waals surface area contributed by atoms with Gasteiger partial charge in [-0.05, 0) is 24.9 Å². The van der Waals surface area contributed by atoms with Gasteiger partial charge in [0.15, 0.2) is 0 Å². The summed E-state index contributed by atoms with van der Waals surface area (Å²) in [7, 11) is 0. The Morgan fingerprint density at radius 2 is 2.50 bits per heavy atom. The highest BCUT2D eigenvalue weighted by molar-refractivity contribution is 9.09. The highest BCUT2D eigenvalue weighted by Gasteiger charge is 2.24. The van der Waals surface area contributed by atoms with Crippen LogP contribution in [0.4, 0.5) is 0 Å². The van der Waals surface area contributed by atoms with Crippen molar-refractivity contribution in [3.05, 3.63) is 11.1 Å².